The van der Waals surface area contributed by atoms with Crippen molar-refractivity contribution in [2.45, 2.75) is 64.0 Å². The minimum atomic E-state index is 0.168. The fraction of sp³-hybridized carbons (Fsp3) is 0.929. The first-order valence-corrected chi connectivity index (χ1v) is 8.67. The van der Waals surface area contributed by atoms with E-state index in [9.17, 15) is 4.79 Å². The first-order chi connectivity index (χ1) is 8.76. The fourth-order valence-electron chi connectivity index (χ4n) is 2.46. The third-order valence-electron chi connectivity index (χ3n) is 3.63. The Morgan fingerprint density at radius 3 is 2.50 bits per heavy atom. The van der Waals surface area contributed by atoms with Gasteiger partial charge in [-0.2, -0.15) is 11.8 Å². The van der Waals surface area contributed by atoms with E-state index in [-0.39, 0.29) is 5.91 Å². The van der Waals surface area contributed by atoms with Gasteiger partial charge in [0.05, 0.1) is 6.54 Å². The van der Waals surface area contributed by atoms with Crippen LogP contribution in [0.4, 0.5) is 0 Å². The molecule has 1 aliphatic carbocycles. The van der Waals surface area contributed by atoms with E-state index in [0.717, 1.165) is 25.0 Å². The van der Waals surface area contributed by atoms with Crippen molar-refractivity contribution in [3.8, 4) is 0 Å². The predicted octanol–water partition coefficient (Wildman–Crippen LogP) is 2.56. The summed E-state index contributed by atoms with van der Waals surface area (Å²) >= 11 is 1.83. The molecule has 1 amide bonds. The summed E-state index contributed by atoms with van der Waals surface area (Å²) in [6, 6.07) is 0.877. The Hall–Kier alpha value is -0.220. The van der Waals surface area contributed by atoms with Crippen LogP contribution in [0.5, 0.6) is 0 Å². The Labute approximate surface area is 116 Å². The standard InChI is InChI=1S/C14H28N2OS/c1-3-12(11-18-2)15-10-14(17)16-13-8-6-4-5-7-9-13/h12-13,15H,3-11H2,1-2H3,(H,16,17). The van der Waals surface area contributed by atoms with Crippen LogP contribution in [0.15, 0.2) is 0 Å². The Kier molecular flexibility index (Phi) is 8.51. The molecule has 106 valence electrons. The molecule has 3 nitrogen and oxygen atoms in total. The van der Waals surface area contributed by atoms with E-state index in [1.54, 1.807) is 0 Å². The van der Waals surface area contributed by atoms with Gasteiger partial charge in [-0.05, 0) is 25.5 Å². The van der Waals surface area contributed by atoms with Crippen molar-refractivity contribution >= 4 is 17.7 Å². The summed E-state index contributed by atoms with van der Waals surface area (Å²) in [7, 11) is 0. The van der Waals surface area contributed by atoms with Gasteiger partial charge in [0.2, 0.25) is 5.91 Å². The molecule has 1 unspecified atom stereocenters. The molecule has 0 aromatic carbocycles. The molecular weight excluding hydrogens is 244 g/mol. The number of hydrogen-bond acceptors (Lipinski definition) is 3. The molecule has 1 aliphatic rings. The van der Waals surface area contributed by atoms with Crippen LogP contribution >= 0.6 is 11.8 Å². The zero-order valence-corrected chi connectivity index (χ0v) is 12.7. The highest BCUT2D eigenvalue weighted by atomic mass is 32.2. The average molecular weight is 272 g/mol. The molecule has 0 saturated heterocycles. The Bertz CT molecular complexity index is 228. The van der Waals surface area contributed by atoms with E-state index in [4.69, 9.17) is 0 Å². The second-order valence-electron chi connectivity index (χ2n) is 5.20. The molecular formula is C14H28N2OS. The summed E-state index contributed by atoms with van der Waals surface area (Å²) in [6.07, 6.45) is 10.7. The van der Waals surface area contributed by atoms with Crippen LogP contribution in [-0.4, -0.2) is 36.5 Å². The van der Waals surface area contributed by atoms with Gasteiger partial charge >= 0.3 is 0 Å². The van der Waals surface area contributed by atoms with E-state index in [1.165, 1.54) is 25.7 Å². The number of rotatable bonds is 7. The molecule has 2 N–H and O–H groups in total. The zero-order valence-electron chi connectivity index (χ0n) is 11.8. The van der Waals surface area contributed by atoms with Crippen molar-refractivity contribution in [3.63, 3.8) is 0 Å². The number of hydrogen-bond donors (Lipinski definition) is 2. The van der Waals surface area contributed by atoms with Crippen LogP contribution in [0.1, 0.15) is 51.9 Å². The maximum atomic E-state index is 11.9. The van der Waals surface area contributed by atoms with Crippen molar-refractivity contribution in [2.24, 2.45) is 0 Å². The SMILES string of the molecule is CCC(CSC)NCC(=O)NC1CCCCCC1. The summed E-state index contributed by atoms with van der Waals surface area (Å²) in [6.45, 7) is 2.63. The van der Waals surface area contributed by atoms with E-state index in [1.807, 2.05) is 11.8 Å². The molecule has 0 heterocycles. The molecule has 1 fully saturated rings. The maximum Gasteiger partial charge on any atom is 0.234 e. The Morgan fingerprint density at radius 1 is 1.28 bits per heavy atom. The molecule has 4 heteroatoms. The van der Waals surface area contributed by atoms with Crippen LogP contribution in [0.25, 0.3) is 0 Å². The quantitative estimate of drug-likeness (QED) is 0.700. The second kappa shape index (κ2) is 9.68. The molecule has 1 atom stereocenters. The summed E-state index contributed by atoms with van der Waals surface area (Å²) in [5, 5.41) is 6.51. The van der Waals surface area contributed by atoms with Crippen molar-refractivity contribution in [1.82, 2.24) is 10.6 Å². The van der Waals surface area contributed by atoms with Gasteiger partial charge in [0.15, 0.2) is 0 Å². The minimum Gasteiger partial charge on any atom is -0.352 e. The number of carbonyl (C=O) groups excluding carboxylic acids is 1. The highest BCUT2D eigenvalue weighted by Crippen LogP contribution is 2.16. The zero-order chi connectivity index (χ0) is 13.2. The van der Waals surface area contributed by atoms with Gasteiger partial charge in [-0.15, -0.1) is 0 Å². The second-order valence-corrected chi connectivity index (χ2v) is 6.11. The first-order valence-electron chi connectivity index (χ1n) is 7.28. The smallest absolute Gasteiger partial charge is 0.234 e. The Morgan fingerprint density at radius 2 is 1.94 bits per heavy atom. The topological polar surface area (TPSA) is 41.1 Å². The van der Waals surface area contributed by atoms with E-state index >= 15 is 0 Å². The van der Waals surface area contributed by atoms with Crippen LogP contribution in [0.2, 0.25) is 0 Å². The van der Waals surface area contributed by atoms with Gasteiger partial charge in [0.1, 0.15) is 0 Å². The first kappa shape index (κ1) is 15.8. The van der Waals surface area contributed by atoms with E-state index in [2.05, 4.69) is 23.8 Å². The fourth-order valence-corrected chi connectivity index (χ4v) is 3.22. The summed E-state index contributed by atoms with van der Waals surface area (Å²) < 4.78 is 0. The average Bonchev–Trinajstić information content (AvgIpc) is 2.63. The molecule has 0 radical (unpaired) electrons. The molecule has 0 bridgehead atoms. The predicted molar refractivity (Wildman–Crippen MR) is 80.1 cm³/mol. The van der Waals surface area contributed by atoms with Crippen molar-refractivity contribution in [1.29, 1.82) is 0 Å². The normalized spacial score (nSPS) is 19.2. The Balaban J connectivity index is 2.19. The van der Waals surface area contributed by atoms with E-state index in [0.29, 0.717) is 18.6 Å². The van der Waals surface area contributed by atoms with Crippen LogP contribution in [-0.2, 0) is 4.79 Å². The molecule has 0 aromatic heterocycles. The van der Waals surface area contributed by atoms with Gasteiger partial charge in [-0.3, -0.25) is 4.79 Å². The van der Waals surface area contributed by atoms with Gasteiger partial charge in [-0.1, -0.05) is 32.6 Å². The highest BCUT2D eigenvalue weighted by Gasteiger charge is 2.15. The molecule has 0 aromatic rings. The summed E-state index contributed by atoms with van der Waals surface area (Å²) in [5.74, 6) is 1.24. The molecule has 0 spiro atoms. The van der Waals surface area contributed by atoms with Crippen molar-refractivity contribution in [3.05, 3.63) is 0 Å². The van der Waals surface area contributed by atoms with Gasteiger partial charge < -0.3 is 10.6 Å². The number of thioether (sulfide) groups is 1. The lowest BCUT2D eigenvalue weighted by Crippen LogP contribution is -2.43. The van der Waals surface area contributed by atoms with Crippen molar-refractivity contribution < 1.29 is 4.79 Å². The number of nitrogens with one attached hydrogen (secondary N) is 2. The lowest BCUT2D eigenvalue weighted by Gasteiger charge is -2.19. The third-order valence-corrected chi connectivity index (χ3v) is 4.37. The lowest BCUT2D eigenvalue weighted by molar-refractivity contribution is -0.121. The highest BCUT2D eigenvalue weighted by molar-refractivity contribution is 7.98. The minimum absolute atomic E-state index is 0.168. The van der Waals surface area contributed by atoms with Crippen molar-refractivity contribution in [2.75, 3.05) is 18.6 Å². The number of carbonyl (C=O) groups is 1. The maximum absolute atomic E-state index is 11.9. The van der Waals surface area contributed by atoms with Crippen LogP contribution in [0, 0.1) is 0 Å². The summed E-state index contributed by atoms with van der Waals surface area (Å²) in [5.41, 5.74) is 0. The van der Waals surface area contributed by atoms with Crippen LogP contribution in [0.3, 0.4) is 0 Å². The monoisotopic (exact) mass is 272 g/mol. The van der Waals surface area contributed by atoms with Gasteiger partial charge in [-0.25, -0.2) is 0 Å². The third kappa shape index (κ3) is 6.64. The largest absolute Gasteiger partial charge is 0.352 e. The molecule has 1 saturated carbocycles. The molecule has 0 aliphatic heterocycles. The van der Waals surface area contributed by atoms with Gasteiger partial charge in [0.25, 0.3) is 0 Å². The van der Waals surface area contributed by atoms with Crippen LogP contribution < -0.4 is 10.6 Å². The van der Waals surface area contributed by atoms with Gasteiger partial charge in [0, 0.05) is 17.8 Å². The molecule has 18 heavy (non-hydrogen) atoms. The number of amides is 1. The molecule has 1 rings (SSSR count). The lowest BCUT2D eigenvalue weighted by atomic mass is 10.1. The summed E-state index contributed by atoms with van der Waals surface area (Å²) in [4.78, 5) is 11.9. The van der Waals surface area contributed by atoms with E-state index < -0.39 is 0 Å².